The molecule has 0 atom stereocenters. The van der Waals surface area contributed by atoms with Gasteiger partial charge in [0.1, 0.15) is 0 Å². The minimum atomic E-state index is -0.461. The molecule has 2 heterocycles. The van der Waals surface area contributed by atoms with E-state index in [4.69, 9.17) is 4.74 Å². The van der Waals surface area contributed by atoms with Gasteiger partial charge in [0.05, 0.1) is 23.9 Å². The van der Waals surface area contributed by atoms with Crippen LogP contribution in [0.1, 0.15) is 0 Å². The first-order chi connectivity index (χ1) is 12.2. The standard InChI is InChI=1S/C19H14FN3O2/c1-25-17-10-7-12(11-15(17)20)16-9-8-14-18(21-16)22-23(19(14)24)13-5-3-2-4-6-13/h2-11H,1H3,(H,21,22). The summed E-state index contributed by atoms with van der Waals surface area (Å²) in [6, 6.07) is 17.3. The molecule has 0 aliphatic rings. The van der Waals surface area contributed by atoms with Crippen molar-refractivity contribution < 1.29 is 9.13 Å². The zero-order valence-corrected chi connectivity index (χ0v) is 13.4. The Balaban J connectivity index is 1.84. The number of methoxy groups -OCH3 is 1. The number of hydrogen-bond acceptors (Lipinski definition) is 3. The number of benzene rings is 2. The van der Waals surface area contributed by atoms with Crippen LogP contribution in [0.4, 0.5) is 4.39 Å². The molecule has 4 aromatic rings. The lowest BCUT2D eigenvalue weighted by atomic mass is 10.1. The number of H-pyrrole nitrogens is 1. The first kappa shape index (κ1) is 15.1. The van der Waals surface area contributed by atoms with E-state index < -0.39 is 5.82 Å². The maximum atomic E-state index is 13.9. The van der Waals surface area contributed by atoms with Crippen LogP contribution in [-0.2, 0) is 0 Å². The molecule has 0 spiro atoms. The third-order valence-corrected chi connectivity index (χ3v) is 4.01. The van der Waals surface area contributed by atoms with E-state index in [0.717, 1.165) is 5.69 Å². The predicted octanol–water partition coefficient (Wildman–Crippen LogP) is 3.53. The molecular weight excluding hydrogens is 321 g/mol. The summed E-state index contributed by atoms with van der Waals surface area (Å²) < 4.78 is 20.3. The SMILES string of the molecule is COc1ccc(-c2ccc3c(=O)n(-c4ccccc4)[nH]c3n2)cc1F. The molecule has 0 bridgehead atoms. The zero-order chi connectivity index (χ0) is 17.4. The van der Waals surface area contributed by atoms with Gasteiger partial charge in [0.15, 0.2) is 17.2 Å². The van der Waals surface area contributed by atoms with Gasteiger partial charge in [-0.05, 0) is 42.5 Å². The van der Waals surface area contributed by atoms with E-state index in [-0.39, 0.29) is 11.3 Å². The Labute approximate surface area is 142 Å². The first-order valence-electron chi connectivity index (χ1n) is 7.68. The van der Waals surface area contributed by atoms with E-state index in [9.17, 15) is 9.18 Å². The van der Waals surface area contributed by atoms with Crippen molar-refractivity contribution in [3.05, 3.63) is 76.8 Å². The highest BCUT2D eigenvalue weighted by molar-refractivity contribution is 5.78. The molecule has 2 aromatic carbocycles. The first-order valence-corrected chi connectivity index (χ1v) is 7.68. The van der Waals surface area contributed by atoms with Crippen molar-refractivity contribution in [2.24, 2.45) is 0 Å². The van der Waals surface area contributed by atoms with Gasteiger partial charge in [-0.2, -0.15) is 0 Å². The number of nitrogens with one attached hydrogen (secondary N) is 1. The minimum absolute atomic E-state index is 0.175. The van der Waals surface area contributed by atoms with Gasteiger partial charge in [-0.25, -0.2) is 14.1 Å². The third-order valence-electron chi connectivity index (χ3n) is 4.01. The van der Waals surface area contributed by atoms with E-state index in [1.54, 1.807) is 24.3 Å². The largest absolute Gasteiger partial charge is 0.494 e. The molecular formula is C19H14FN3O2. The number of nitrogens with zero attached hydrogens (tertiary/aromatic N) is 2. The summed E-state index contributed by atoms with van der Waals surface area (Å²) in [5.41, 5.74) is 2.16. The highest BCUT2D eigenvalue weighted by Crippen LogP contribution is 2.25. The summed E-state index contributed by atoms with van der Waals surface area (Å²) in [6.07, 6.45) is 0. The summed E-state index contributed by atoms with van der Waals surface area (Å²) in [5, 5.41) is 3.48. The van der Waals surface area contributed by atoms with E-state index >= 15 is 0 Å². The number of fused-ring (bicyclic) bond motifs is 1. The summed E-state index contributed by atoms with van der Waals surface area (Å²) in [4.78, 5) is 17.0. The van der Waals surface area contributed by atoms with Crippen LogP contribution in [0, 0.1) is 5.82 Å². The molecule has 0 radical (unpaired) electrons. The molecule has 0 saturated carbocycles. The Morgan fingerprint density at radius 1 is 1.08 bits per heavy atom. The highest BCUT2D eigenvalue weighted by atomic mass is 19.1. The van der Waals surface area contributed by atoms with E-state index in [1.807, 2.05) is 30.3 Å². The van der Waals surface area contributed by atoms with Gasteiger partial charge in [-0.3, -0.25) is 9.89 Å². The molecule has 0 aliphatic heterocycles. The second-order valence-electron chi connectivity index (χ2n) is 5.53. The molecule has 6 heteroatoms. The zero-order valence-electron chi connectivity index (χ0n) is 13.4. The van der Waals surface area contributed by atoms with Crippen molar-refractivity contribution in [2.45, 2.75) is 0 Å². The molecule has 5 nitrogen and oxygen atoms in total. The van der Waals surface area contributed by atoms with Crippen molar-refractivity contribution >= 4 is 11.0 Å². The number of aromatic nitrogens is 3. The van der Waals surface area contributed by atoms with E-state index in [1.165, 1.54) is 17.9 Å². The Morgan fingerprint density at radius 3 is 2.60 bits per heavy atom. The van der Waals surface area contributed by atoms with Crippen molar-refractivity contribution in [2.75, 3.05) is 7.11 Å². The topological polar surface area (TPSA) is 59.9 Å². The number of hydrogen-bond donors (Lipinski definition) is 1. The summed E-state index contributed by atoms with van der Waals surface area (Å²) in [7, 11) is 1.42. The predicted molar refractivity (Wildman–Crippen MR) is 93.6 cm³/mol. The average Bonchev–Trinajstić information content (AvgIpc) is 2.98. The average molecular weight is 335 g/mol. The van der Waals surface area contributed by atoms with Crippen molar-refractivity contribution in [3.8, 4) is 22.7 Å². The second-order valence-corrected chi connectivity index (χ2v) is 5.53. The van der Waals surface area contributed by atoms with E-state index in [0.29, 0.717) is 22.3 Å². The van der Waals surface area contributed by atoms with Crippen LogP contribution < -0.4 is 10.3 Å². The third kappa shape index (κ3) is 2.57. The second kappa shape index (κ2) is 5.90. The van der Waals surface area contributed by atoms with Crippen LogP contribution in [0.3, 0.4) is 0 Å². The fourth-order valence-corrected chi connectivity index (χ4v) is 2.74. The summed E-state index contributed by atoms with van der Waals surface area (Å²) in [6.45, 7) is 0. The van der Waals surface area contributed by atoms with Crippen molar-refractivity contribution in [1.29, 1.82) is 0 Å². The normalized spacial score (nSPS) is 11.0. The van der Waals surface area contributed by atoms with Gasteiger partial charge >= 0.3 is 0 Å². The molecule has 1 N–H and O–H groups in total. The maximum absolute atomic E-state index is 13.9. The van der Waals surface area contributed by atoms with Gasteiger partial charge in [-0.15, -0.1) is 0 Å². The van der Waals surface area contributed by atoms with Crippen molar-refractivity contribution in [3.63, 3.8) is 0 Å². The maximum Gasteiger partial charge on any atom is 0.280 e. The Kier molecular flexibility index (Phi) is 3.57. The molecule has 0 unspecified atom stereocenters. The van der Waals surface area contributed by atoms with Crippen LogP contribution in [0.5, 0.6) is 5.75 Å². The molecule has 0 fully saturated rings. The monoisotopic (exact) mass is 335 g/mol. The molecule has 4 rings (SSSR count). The number of para-hydroxylation sites is 1. The Morgan fingerprint density at radius 2 is 1.88 bits per heavy atom. The lowest BCUT2D eigenvalue weighted by Crippen LogP contribution is -2.13. The van der Waals surface area contributed by atoms with Crippen LogP contribution in [0.15, 0.2) is 65.5 Å². The fraction of sp³-hybridized carbons (Fsp3) is 0.0526. The molecule has 0 saturated heterocycles. The van der Waals surface area contributed by atoms with Crippen LogP contribution >= 0.6 is 0 Å². The Hall–Kier alpha value is -3.41. The summed E-state index contributed by atoms with van der Waals surface area (Å²) in [5.74, 6) is -0.286. The van der Waals surface area contributed by atoms with Gasteiger partial charge in [0.2, 0.25) is 0 Å². The van der Waals surface area contributed by atoms with Gasteiger partial charge in [0, 0.05) is 5.56 Å². The van der Waals surface area contributed by atoms with Gasteiger partial charge < -0.3 is 4.74 Å². The smallest absolute Gasteiger partial charge is 0.280 e. The number of aromatic amines is 1. The lowest BCUT2D eigenvalue weighted by Gasteiger charge is -2.04. The van der Waals surface area contributed by atoms with Gasteiger partial charge in [0.25, 0.3) is 5.56 Å². The summed E-state index contributed by atoms with van der Waals surface area (Å²) >= 11 is 0. The number of ether oxygens (including phenoxy) is 1. The molecule has 0 aliphatic carbocycles. The molecule has 0 amide bonds. The van der Waals surface area contributed by atoms with Crippen molar-refractivity contribution in [1.82, 2.24) is 14.8 Å². The lowest BCUT2D eigenvalue weighted by molar-refractivity contribution is 0.386. The highest BCUT2D eigenvalue weighted by Gasteiger charge is 2.12. The number of halogens is 1. The van der Waals surface area contributed by atoms with E-state index in [2.05, 4.69) is 10.1 Å². The molecule has 25 heavy (non-hydrogen) atoms. The number of pyridine rings is 1. The molecule has 124 valence electrons. The molecule has 2 aromatic heterocycles. The van der Waals surface area contributed by atoms with Crippen LogP contribution in [-0.4, -0.2) is 21.9 Å². The quantitative estimate of drug-likeness (QED) is 0.623. The van der Waals surface area contributed by atoms with Crippen LogP contribution in [0.2, 0.25) is 0 Å². The van der Waals surface area contributed by atoms with Crippen LogP contribution in [0.25, 0.3) is 28.0 Å². The number of rotatable bonds is 3. The fourth-order valence-electron chi connectivity index (χ4n) is 2.74. The minimum Gasteiger partial charge on any atom is -0.494 e. The van der Waals surface area contributed by atoms with Gasteiger partial charge in [-0.1, -0.05) is 18.2 Å². The Bertz CT molecular complexity index is 1120.